The van der Waals surface area contributed by atoms with Gasteiger partial charge >= 0.3 is 6.09 Å². The van der Waals surface area contributed by atoms with Crippen LogP contribution in [0, 0.1) is 17.2 Å². The van der Waals surface area contributed by atoms with E-state index in [9.17, 15) is 14.9 Å². The summed E-state index contributed by atoms with van der Waals surface area (Å²) in [4.78, 5) is 27.2. The molecular formula is C22H23N3O4S. The minimum atomic E-state index is -0.289. The van der Waals surface area contributed by atoms with Gasteiger partial charge in [-0.2, -0.15) is 5.26 Å². The number of carbonyl (C=O) groups is 2. The molecule has 8 heteroatoms. The lowest BCUT2D eigenvalue weighted by Crippen LogP contribution is -2.30. The molecule has 1 saturated heterocycles. The summed E-state index contributed by atoms with van der Waals surface area (Å²) in [6.07, 6.45) is 10.4. The van der Waals surface area contributed by atoms with Gasteiger partial charge in [-0.15, -0.1) is 11.3 Å². The molecule has 0 saturated carbocycles. The molecule has 2 aromatic heterocycles. The van der Waals surface area contributed by atoms with Crippen LogP contribution in [-0.2, 0) is 22.4 Å². The third-order valence-electron chi connectivity index (χ3n) is 5.49. The van der Waals surface area contributed by atoms with Crippen LogP contribution in [-0.4, -0.2) is 36.6 Å². The molecular weight excluding hydrogens is 402 g/mol. The average molecular weight is 426 g/mol. The summed E-state index contributed by atoms with van der Waals surface area (Å²) in [7, 11) is 0. The van der Waals surface area contributed by atoms with Crippen molar-refractivity contribution in [3.63, 3.8) is 0 Å². The van der Waals surface area contributed by atoms with Crippen molar-refractivity contribution in [2.75, 3.05) is 25.0 Å². The highest BCUT2D eigenvalue weighted by Crippen LogP contribution is 2.39. The molecule has 30 heavy (non-hydrogen) atoms. The normalized spacial score (nSPS) is 18.2. The van der Waals surface area contributed by atoms with Gasteiger partial charge in [-0.1, -0.05) is 0 Å². The first-order valence-electron chi connectivity index (χ1n) is 10.1. The monoisotopic (exact) mass is 425 g/mol. The molecule has 7 nitrogen and oxygen atoms in total. The molecule has 0 bridgehead atoms. The molecule has 1 N–H and O–H groups in total. The van der Waals surface area contributed by atoms with E-state index in [1.54, 1.807) is 23.3 Å². The largest absolute Gasteiger partial charge is 0.472 e. The Labute approximate surface area is 178 Å². The van der Waals surface area contributed by atoms with Crippen molar-refractivity contribution in [1.82, 2.24) is 4.90 Å². The van der Waals surface area contributed by atoms with Gasteiger partial charge < -0.3 is 19.4 Å². The topological polar surface area (TPSA) is 95.6 Å². The Balaban J connectivity index is 1.37. The summed E-state index contributed by atoms with van der Waals surface area (Å²) in [5.41, 5.74) is 2.36. The van der Waals surface area contributed by atoms with Crippen molar-refractivity contribution >= 4 is 34.4 Å². The van der Waals surface area contributed by atoms with E-state index in [1.165, 1.54) is 23.7 Å². The predicted octanol–water partition coefficient (Wildman–Crippen LogP) is 4.20. The first-order valence-corrected chi connectivity index (χ1v) is 10.9. The Kier molecular flexibility index (Phi) is 6.19. The van der Waals surface area contributed by atoms with Crippen molar-refractivity contribution in [3.05, 3.63) is 46.2 Å². The number of anilines is 1. The van der Waals surface area contributed by atoms with Crippen LogP contribution in [0.4, 0.5) is 9.80 Å². The zero-order valence-corrected chi connectivity index (χ0v) is 17.4. The third kappa shape index (κ3) is 4.57. The van der Waals surface area contributed by atoms with Gasteiger partial charge in [-0.3, -0.25) is 4.79 Å². The first-order chi connectivity index (χ1) is 14.6. The van der Waals surface area contributed by atoms with E-state index in [4.69, 9.17) is 9.15 Å². The molecule has 1 atom stereocenters. The van der Waals surface area contributed by atoms with Crippen LogP contribution < -0.4 is 5.32 Å². The molecule has 1 aliphatic heterocycles. The fourth-order valence-electron chi connectivity index (χ4n) is 3.88. The molecule has 156 valence electrons. The van der Waals surface area contributed by atoms with Crippen LogP contribution in [0.5, 0.6) is 0 Å². The lowest BCUT2D eigenvalue weighted by molar-refractivity contribution is -0.111. The molecule has 1 unspecified atom stereocenters. The number of amides is 2. The van der Waals surface area contributed by atoms with Crippen molar-refractivity contribution in [3.8, 4) is 6.07 Å². The number of nitriles is 1. The molecule has 2 aliphatic rings. The lowest BCUT2D eigenvalue weighted by atomic mass is 9.88. The number of hydrogen-bond donors (Lipinski definition) is 1. The molecule has 3 heterocycles. The maximum absolute atomic E-state index is 12.3. The predicted molar refractivity (Wildman–Crippen MR) is 113 cm³/mol. The van der Waals surface area contributed by atoms with Gasteiger partial charge in [-0.25, -0.2) is 4.79 Å². The van der Waals surface area contributed by atoms with E-state index >= 15 is 0 Å². The fraction of sp³-hybridized carbons (Fsp3) is 0.409. The van der Waals surface area contributed by atoms with Gasteiger partial charge in [-0.05, 0) is 55.7 Å². The number of likely N-dealkylation sites (tertiary alicyclic amines) is 1. The van der Waals surface area contributed by atoms with E-state index in [2.05, 4.69) is 11.4 Å². The van der Waals surface area contributed by atoms with E-state index in [1.807, 2.05) is 0 Å². The van der Waals surface area contributed by atoms with Crippen molar-refractivity contribution < 1.29 is 18.7 Å². The van der Waals surface area contributed by atoms with Gasteiger partial charge in [0.1, 0.15) is 11.1 Å². The average Bonchev–Trinajstić information content (AvgIpc) is 3.51. The van der Waals surface area contributed by atoms with Gasteiger partial charge in [0.25, 0.3) is 0 Å². The van der Waals surface area contributed by atoms with E-state index in [-0.39, 0.29) is 17.9 Å². The highest BCUT2D eigenvalue weighted by atomic mass is 32.1. The number of nitrogens with one attached hydrogen (secondary N) is 1. The van der Waals surface area contributed by atoms with Crippen molar-refractivity contribution in [1.29, 1.82) is 5.26 Å². The molecule has 4 rings (SSSR count). The zero-order chi connectivity index (χ0) is 20.9. The maximum Gasteiger partial charge on any atom is 0.409 e. The summed E-state index contributed by atoms with van der Waals surface area (Å²) in [6, 6.07) is 4.00. The number of thiophene rings is 1. The lowest BCUT2D eigenvalue weighted by Gasteiger charge is -2.23. The van der Waals surface area contributed by atoms with Gasteiger partial charge in [0.2, 0.25) is 5.91 Å². The number of rotatable bonds is 5. The first kappa shape index (κ1) is 20.2. The number of ether oxygens (including phenoxy) is 1. The SMILES string of the molecule is N#Cc1c(NC(=O)C=Cc2ccoc2)sc2c1CCC(COC(=O)N1CCCC1)C2. The summed E-state index contributed by atoms with van der Waals surface area (Å²) >= 11 is 1.44. The smallest absolute Gasteiger partial charge is 0.409 e. The van der Waals surface area contributed by atoms with Crippen LogP contribution >= 0.6 is 11.3 Å². The molecule has 0 aromatic carbocycles. The number of fused-ring (bicyclic) bond motifs is 1. The maximum atomic E-state index is 12.3. The summed E-state index contributed by atoms with van der Waals surface area (Å²) < 4.78 is 10.5. The molecule has 2 amide bonds. The molecule has 0 spiro atoms. The molecule has 1 fully saturated rings. The van der Waals surface area contributed by atoms with E-state index in [0.29, 0.717) is 17.2 Å². The number of hydrogen-bond acceptors (Lipinski definition) is 6. The van der Waals surface area contributed by atoms with Crippen LogP contribution in [0.25, 0.3) is 6.08 Å². The standard InChI is InChI=1S/C22H23N3O4S/c23-12-18-17-5-3-16(14-29-22(27)25-8-1-2-9-25)11-19(17)30-21(18)24-20(26)6-4-15-7-10-28-13-15/h4,6-7,10,13,16H,1-3,5,8-9,11,14H2,(H,24,26). The molecule has 1 aliphatic carbocycles. The highest BCUT2D eigenvalue weighted by molar-refractivity contribution is 7.16. The van der Waals surface area contributed by atoms with Crippen LogP contribution in [0.1, 0.15) is 40.8 Å². The Morgan fingerprint density at radius 2 is 2.23 bits per heavy atom. The third-order valence-corrected chi connectivity index (χ3v) is 6.66. The van der Waals surface area contributed by atoms with Crippen LogP contribution in [0.2, 0.25) is 0 Å². The molecule has 0 radical (unpaired) electrons. The van der Waals surface area contributed by atoms with Gasteiger partial charge in [0.15, 0.2) is 0 Å². The van der Waals surface area contributed by atoms with E-state index in [0.717, 1.165) is 61.2 Å². The summed E-state index contributed by atoms with van der Waals surface area (Å²) in [5.74, 6) is -0.0545. The number of carbonyl (C=O) groups excluding carboxylic acids is 2. The van der Waals surface area contributed by atoms with Crippen molar-refractivity contribution in [2.45, 2.75) is 32.1 Å². The quantitative estimate of drug-likeness (QED) is 0.724. The minimum absolute atomic E-state index is 0.223. The number of nitrogens with zero attached hydrogens (tertiary/aromatic N) is 2. The Bertz CT molecular complexity index is 981. The Morgan fingerprint density at radius 3 is 2.97 bits per heavy atom. The second-order valence-corrected chi connectivity index (χ2v) is 8.68. The zero-order valence-electron chi connectivity index (χ0n) is 16.6. The van der Waals surface area contributed by atoms with Crippen molar-refractivity contribution in [2.24, 2.45) is 5.92 Å². The number of furan rings is 1. The minimum Gasteiger partial charge on any atom is -0.472 e. The van der Waals surface area contributed by atoms with Crippen LogP contribution in [0.3, 0.4) is 0 Å². The van der Waals surface area contributed by atoms with E-state index < -0.39 is 0 Å². The van der Waals surface area contributed by atoms with Crippen LogP contribution in [0.15, 0.2) is 29.1 Å². The summed E-state index contributed by atoms with van der Waals surface area (Å²) in [5, 5.41) is 13.0. The van der Waals surface area contributed by atoms with Gasteiger partial charge in [0, 0.05) is 29.6 Å². The second kappa shape index (κ2) is 9.18. The highest BCUT2D eigenvalue weighted by Gasteiger charge is 2.28. The fourth-order valence-corrected chi connectivity index (χ4v) is 5.19. The molecule has 2 aromatic rings. The Hall–Kier alpha value is -3.05. The van der Waals surface area contributed by atoms with Gasteiger partial charge in [0.05, 0.1) is 24.7 Å². The second-order valence-electron chi connectivity index (χ2n) is 7.58. The summed E-state index contributed by atoms with van der Waals surface area (Å²) in [6.45, 7) is 1.95. The Morgan fingerprint density at radius 1 is 1.40 bits per heavy atom.